The fraction of sp³-hybridized carbons (Fsp3) is 0.300. The van der Waals surface area contributed by atoms with E-state index in [-0.39, 0.29) is 0 Å². The van der Waals surface area contributed by atoms with Gasteiger partial charge in [0.05, 0.1) is 26.1 Å². The topological polar surface area (TPSA) is 93.1 Å². The Morgan fingerprint density at radius 3 is 1.38 bits per heavy atom. The minimum atomic E-state index is -1.03. The molecule has 136 valence electrons. The van der Waals surface area contributed by atoms with E-state index in [1.54, 1.807) is 48.5 Å². The van der Waals surface area contributed by atoms with Crippen molar-refractivity contribution in [1.82, 2.24) is 0 Å². The van der Waals surface area contributed by atoms with E-state index in [1.165, 1.54) is 14.2 Å². The third-order valence-electron chi connectivity index (χ3n) is 5.11. The lowest BCUT2D eigenvalue weighted by atomic mass is 9.52. The second-order valence-electron chi connectivity index (χ2n) is 6.26. The molecule has 0 bridgehead atoms. The number of carboxylic acid groups (broad SMARTS) is 2. The molecule has 2 aromatic carbocycles. The minimum absolute atomic E-state index is 0.494. The van der Waals surface area contributed by atoms with Crippen LogP contribution in [0, 0.1) is 11.8 Å². The number of hydrogen-bond donors (Lipinski definition) is 2. The maximum absolute atomic E-state index is 12.0. The van der Waals surface area contributed by atoms with Crippen molar-refractivity contribution in [3.05, 3.63) is 59.7 Å². The summed E-state index contributed by atoms with van der Waals surface area (Å²) in [6.07, 6.45) is 0. The number of aliphatic carboxylic acids is 2. The summed E-state index contributed by atoms with van der Waals surface area (Å²) in [5.74, 6) is -4.22. The molecular formula is C20H20O6. The zero-order valence-corrected chi connectivity index (χ0v) is 14.5. The van der Waals surface area contributed by atoms with Gasteiger partial charge in [-0.2, -0.15) is 0 Å². The molecule has 0 atom stereocenters. The van der Waals surface area contributed by atoms with Crippen molar-refractivity contribution in [1.29, 1.82) is 0 Å². The molecule has 0 spiro atoms. The average Bonchev–Trinajstić information content (AvgIpc) is 2.61. The predicted octanol–water partition coefficient (Wildman–Crippen LogP) is 2.99. The summed E-state index contributed by atoms with van der Waals surface area (Å²) in [6.45, 7) is 0. The van der Waals surface area contributed by atoms with Gasteiger partial charge in [-0.05, 0) is 23.3 Å². The summed E-state index contributed by atoms with van der Waals surface area (Å²) in [6, 6.07) is 13.9. The number of ether oxygens (including phenoxy) is 2. The quantitative estimate of drug-likeness (QED) is 0.826. The van der Waals surface area contributed by atoms with E-state index in [0.717, 1.165) is 0 Å². The third kappa shape index (κ3) is 2.77. The van der Waals surface area contributed by atoms with Crippen LogP contribution in [0.2, 0.25) is 0 Å². The average molecular weight is 356 g/mol. The van der Waals surface area contributed by atoms with E-state index < -0.39 is 35.6 Å². The molecule has 6 heteroatoms. The lowest BCUT2D eigenvalue weighted by Crippen LogP contribution is -2.51. The second kappa shape index (κ2) is 7.07. The first-order valence-corrected chi connectivity index (χ1v) is 8.22. The summed E-state index contributed by atoms with van der Waals surface area (Å²) in [5, 5.41) is 19.7. The highest BCUT2D eigenvalue weighted by Gasteiger charge is 2.59. The van der Waals surface area contributed by atoms with Gasteiger partial charge in [-0.3, -0.25) is 9.59 Å². The molecule has 26 heavy (non-hydrogen) atoms. The summed E-state index contributed by atoms with van der Waals surface area (Å²) in [4.78, 5) is 24.1. The fourth-order valence-corrected chi connectivity index (χ4v) is 4.02. The van der Waals surface area contributed by atoms with E-state index in [9.17, 15) is 19.8 Å². The maximum Gasteiger partial charge on any atom is 0.307 e. The normalized spacial score (nSPS) is 24.4. The van der Waals surface area contributed by atoms with Crippen LogP contribution in [0.15, 0.2) is 48.5 Å². The van der Waals surface area contributed by atoms with Crippen molar-refractivity contribution in [3.63, 3.8) is 0 Å². The molecule has 0 amide bonds. The molecule has 0 aliphatic heterocycles. The minimum Gasteiger partial charge on any atom is -0.496 e. The largest absolute Gasteiger partial charge is 0.496 e. The fourth-order valence-electron chi connectivity index (χ4n) is 4.02. The van der Waals surface area contributed by atoms with Crippen LogP contribution in [0.25, 0.3) is 0 Å². The molecule has 0 heterocycles. The predicted molar refractivity (Wildman–Crippen MR) is 93.7 cm³/mol. The van der Waals surface area contributed by atoms with E-state index in [2.05, 4.69) is 0 Å². The summed E-state index contributed by atoms with van der Waals surface area (Å²) >= 11 is 0. The molecule has 2 aromatic rings. The Morgan fingerprint density at radius 2 is 1.08 bits per heavy atom. The molecule has 0 radical (unpaired) electrons. The first-order valence-electron chi connectivity index (χ1n) is 8.22. The maximum atomic E-state index is 12.0. The van der Waals surface area contributed by atoms with E-state index >= 15 is 0 Å². The van der Waals surface area contributed by atoms with E-state index in [1.807, 2.05) is 0 Å². The first kappa shape index (κ1) is 17.8. The van der Waals surface area contributed by atoms with Crippen LogP contribution in [0.3, 0.4) is 0 Å². The van der Waals surface area contributed by atoms with Gasteiger partial charge in [0.25, 0.3) is 0 Å². The SMILES string of the molecule is COc1ccccc1C1C(C(=O)O)C(c2ccccc2OC)C1C(=O)O. The van der Waals surface area contributed by atoms with Crippen molar-refractivity contribution in [2.75, 3.05) is 14.2 Å². The number of methoxy groups -OCH3 is 2. The number of hydrogen-bond acceptors (Lipinski definition) is 4. The smallest absolute Gasteiger partial charge is 0.307 e. The van der Waals surface area contributed by atoms with Gasteiger partial charge in [0.2, 0.25) is 0 Å². The van der Waals surface area contributed by atoms with Crippen LogP contribution in [-0.2, 0) is 9.59 Å². The highest BCUT2D eigenvalue weighted by Crippen LogP contribution is 2.60. The van der Waals surface area contributed by atoms with Gasteiger partial charge in [0, 0.05) is 11.8 Å². The molecule has 0 unspecified atom stereocenters. The van der Waals surface area contributed by atoms with Crippen LogP contribution in [-0.4, -0.2) is 36.4 Å². The lowest BCUT2D eigenvalue weighted by molar-refractivity contribution is -0.160. The molecule has 1 aliphatic rings. The van der Waals surface area contributed by atoms with E-state index in [4.69, 9.17) is 9.47 Å². The van der Waals surface area contributed by atoms with Crippen molar-refractivity contribution in [2.45, 2.75) is 11.8 Å². The van der Waals surface area contributed by atoms with Crippen LogP contribution < -0.4 is 9.47 Å². The van der Waals surface area contributed by atoms with Crippen molar-refractivity contribution < 1.29 is 29.3 Å². The molecule has 2 N–H and O–H groups in total. The van der Waals surface area contributed by atoms with Crippen LogP contribution >= 0.6 is 0 Å². The third-order valence-corrected chi connectivity index (χ3v) is 5.11. The summed E-state index contributed by atoms with van der Waals surface area (Å²) in [7, 11) is 2.97. The molecule has 3 rings (SSSR count). The summed E-state index contributed by atoms with van der Waals surface area (Å²) in [5.41, 5.74) is 1.20. The van der Waals surface area contributed by atoms with Crippen LogP contribution in [0.1, 0.15) is 23.0 Å². The van der Waals surface area contributed by atoms with Crippen molar-refractivity contribution in [2.24, 2.45) is 11.8 Å². The molecule has 1 fully saturated rings. The Morgan fingerprint density at radius 1 is 0.731 bits per heavy atom. The summed E-state index contributed by atoms with van der Waals surface area (Å²) < 4.78 is 10.7. The molecule has 1 saturated carbocycles. The highest BCUT2D eigenvalue weighted by molar-refractivity contribution is 5.84. The van der Waals surface area contributed by atoms with Crippen LogP contribution in [0.4, 0.5) is 0 Å². The number of benzene rings is 2. The van der Waals surface area contributed by atoms with Gasteiger partial charge >= 0.3 is 11.9 Å². The molecule has 0 aromatic heterocycles. The molecule has 6 nitrogen and oxygen atoms in total. The monoisotopic (exact) mass is 356 g/mol. The number of rotatable bonds is 6. The standard InChI is InChI=1S/C20H20O6/c1-25-13-9-5-3-7-11(13)15-17(19(21)22)16(18(15)20(23)24)12-8-4-6-10-14(12)26-2/h3-10,15-18H,1-2H3,(H,21,22)(H,23,24). The molecular weight excluding hydrogens is 336 g/mol. The number of carboxylic acids is 2. The number of para-hydroxylation sites is 2. The van der Waals surface area contributed by atoms with Gasteiger partial charge in [-0.25, -0.2) is 0 Å². The number of carbonyl (C=O) groups is 2. The first-order chi connectivity index (χ1) is 12.5. The molecule has 1 aliphatic carbocycles. The van der Waals surface area contributed by atoms with Gasteiger partial charge in [0.1, 0.15) is 11.5 Å². The van der Waals surface area contributed by atoms with Crippen LogP contribution in [0.5, 0.6) is 11.5 Å². The Labute approximate surface area is 151 Å². The van der Waals surface area contributed by atoms with E-state index in [0.29, 0.717) is 22.6 Å². The highest BCUT2D eigenvalue weighted by atomic mass is 16.5. The lowest BCUT2D eigenvalue weighted by Gasteiger charge is -2.48. The Balaban J connectivity index is 2.12. The Hall–Kier alpha value is -3.02. The van der Waals surface area contributed by atoms with Gasteiger partial charge in [0.15, 0.2) is 0 Å². The Bertz CT molecular complexity index is 753. The van der Waals surface area contributed by atoms with Gasteiger partial charge < -0.3 is 19.7 Å². The van der Waals surface area contributed by atoms with Crippen molar-refractivity contribution >= 4 is 11.9 Å². The van der Waals surface area contributed by atoms with Gasteiger partial charge in [-0.15, -0.1) is 0 Å². The van der Waals surface area contributed by atoms with Gasteiger partial charge in [-0.1, -0.05) is 36.4 Å². The molecule has 0 saturated heterocycles. The zero-order chi connectivity index (χ0) is 18.8. The second-order valence-corrected chi connectivity index (χ2v) is 6.26. The zero-order valence-electron chi connectivity index (χ0n) is 14.5. The van der Waals surface area contributed by atoms with Crippen molar-refractivity contribution in [3.8, 4) is 11.5 Å². The Kier molecular flexibility index (Phi) is 4.84.